The Morgan fingerprint density at radius 1 is 1.32 bits per heavy atom. The van der Waals surface area contributed by atoms with Gasteiger partial charge in [0.15, 0.2) is 5.54 Å². The van der Waals surface area contributed by atoms with Crippen molar-refractivity contribution in [1.29, 1.82) is 0 Å². The summed E-state index contributed by atoms with van der Waals surface area (Å²) in [6.45, 7) is 7.60. The summed E-state index contributed by atoms with van der Waals surface area (Å²) >= 11 is 0. The molecule has 0 bridgehead atoms. The zero-order chi connectivity index (χ0) is 21.5. The van der Waals surface area contributed by atoms with Gasteiger partial charge in [-0.2, -0.15) is 0 Å². The van der Waals surface area contributed by atoms with E-state index in [4.69, 9.17) is 20.9 Å². The zero-order valence-corrected chi connectivity index (χ0v) is 17.4. The first-order valence-corrected chi connectivity index (χ1v) is 9.30. The van der Waals surface area contributed by atoms with Crippen LogP contribution in [0.4, 0.5) is 4.79 Å². The lowest BCUT2D eigenvalue weighted by Crippen LogP contribution is -2.58. The van der Waals surface area contributed by atoms with Crippen LogP contribution in [0, 0.1) is 0 Å². The van der Waals surface area contributed by atoms with Gasteiger partial charge in [-0.3, -0.25) is 9.79 Å². The summed E-state index contributed by atoms with van der Waals surface area (Å²) < 4.78 is 10.1. The fraction of sp³-hybridized carbons (Fsp3) is 0.778. The Morgan fingerprint density at radius 3 is 2.50 bits per heavy atom. The van der Waals surface area contributed by atoms with Gasteiger partial charge in [0.2, 0.25) is 5.91 Å². The van der Waals surface area contributed by atoms with Gasteiger partial charge in [-0.25, -0.2) is 9.59 Å². The highest BCUT2D eigenvalue weighted by Gasteiger charge is 2.49. The summed E-state index contributed by atoms with van der Waals surface area (Å²) in [5, 5.41) is 2.59. The number of aliphatic imine (C=N–C) groups is 1. The molecule has 2 atom stereocenters. The van der Waals surface area contributed by atoms with E-state index in [1.165, 1.54) is 12.0 Å². The van der Waals surface area contributed by atoms with E-state index in [2.05, 4.69) is 10.3 Å². The summed E-state index contributed by atoms with van der Waals surface area (Å²) in [6, 6.07) is -0.719. The van der Waals surface area contributed by atoms with Gasteiger partial charge in [-0.15, -0.1) is 0 Å². The molecule has 1 heterocycles. The molecule has 0 aromatic carbocycles. The highest BCUT2D eigenvalue weighted by atomic mass is 16.6. The van der Waals surface area contributed by atoms with Crippen LogP contribution in [-0.4, -0.2) is 72.6 Å². The lowest BCUT2D eigenvalue weighted by molar-refractivity contribution is -0.148. The number of esters is 1. The van der Waals surface area contributed by atoms with Crippen LogP contribution in [0.2, 0.25) is 0 Å². The molecular formula is C18H33N5O5. The van der Waals surface area contributed by atoms with Crippen molar-refractivity contribution in [3.8, 4) is 0 Å². The Labute approximate surface area is 166 Å². The molecule has 1 unspecified atom stereocenters. The van der Waals surface area contributed by atoms with Gasteiger partial charge in [0.05, 0.1) is 25.5 Å². The molecular weight excluding hydrogens is 366 g/mol. The largest absolute Gasteiger partial charge is 0.467 e. The molecule has 1 saturated heterocycles. The average molecular weight is 399 g/mol. The Morgan fingerprint density at radius 2 is 1.96 bits per heavy atom. The van der Waals surface area contributed by atoms with Gasteiger partial charge in [-0.05, 0) is 40.5 Å². The van der Waals surface area contributed by atoms with E-state index in [0.29, 0.717) is 25.2 Å². The predicted octanol–water partition coefficient (Wildman–Crippen LogP) is 0.140. The third kappa shape index (κ3) is 6.99. The van der Waals surface area contributed by atoms with Crippen molar-refractivity contribution in [3.63, 3.8) is 0 Å². The number of ether oxygens (including phenoxy) is 2. The smallest absolute Gasteiger partial charge is 0.408 e. The SMILES string of the molecule is COC(=O)C1(NC(=O)OC(C)(C)C)CCN(C(=O)[C@H](N)CCCN=C(C)N)C1. The van der Waals surface area contributed by atoms with Crippen molar-refractivity contribution < 1.29 is 23.9 Å². The van der Waals surface area contributed by atoms with E-state index in [1.54, 1.807) is 27.7 Å². The maximum absolute atomic E-state index is 12.6. The monoisotopic (exact) mass is 399 g/mol. The van der Waals surface area contributed by atoms with E-state index < -0.39 is 29.2 Å². The van der Waals surface area contributed by atoms with Crippen LogP contribution in [0.1, 0.15) is 47.0 Å². The van der Waals surface area contributed by atoms with Crippen molar-refractivity contribution in [1.82, 2.24) is 10.2 Å². The van der Waals surface area contributed by atoms with E-state index >= 15 is 0 Å². The van der Waals surface area contributed by atoms with Gasteiger partial charge in [-0.1, -0.05) is 0 Å². The van der Waals surface area contributed by atoms with Crippen molar-refractivity contribution in [2.75, 3.05) is 26.7 Å². The number of hydrogen-bond acceptors (Lipinski definition) is 7. The first-order chi connectivity index (χ1) is 12.9. The normalized spacial score (nSPS) is 21.2. The van der Waals surface area contributed by atoms with Crippen molar-refractivity contribution in [3.05, 3.63) is 0 Å². The molecule has 0 aromatic heterocycles. The molecule has 0 aromatic rings. The second-order valence-electron chi connectivity index (χ2n) is 7.98. The highest BCUT2D eigenvalue weighted by Crippen LogP contribution is 2.25. The number of carbonyl (C=O) groups is 3. The van der Waals surface area contributed by atoms with E-state index in [9.17, 15) is 14.4 Å². The van der Waals surface area contributed by atoms with Crippen LogP contribution in [0.15, 0.2) is 4.99 Å². The quantitative estimate of drug-likeness (QED) is 0.238. The van der Waals surface area contributed by atoms with Crippen LogP contribution in [0.5, 0.6) is 0 Å². The van der Waals surface area contributed by atoms with Crippen LogP contribution in [-0.2, 0) is 19.1 Å². The lowest BCUT2D eigenvalue weighted by Gasteiger charge is -2.29. The second kappa shape index (κ2) is 9.72. The fourth-order valence-electron chi connectivity index (χ4n) is 2.94. The molecule has 1 rings (SSSR count). The Hall–Kier alpha value is -2.36. The number of amidine groups is 1. The second-order valence-corrected chi connectivity index (χ2v) is 7.98. The van der Waals surface area contributed by atoms with E-state index in [-0.39, 0.29) is 25.4 Å². The molecule has 0 saturated carbocycles. The molecule has 1 aliphatic heterocycles. The Bertz CT molecular complexity index is 612. The number of alkyl carbamates (subject to hydrolysis) is 1. The molecule has 5 N–H and O–H groups in total. The number of nitrogens with two attached hydrogens (primary N) is 2. The number of rotatable bonds is 7. The maximum Gasteiger partial charge on any atom is 0.408 e. The molecule has 10 nitrogen and oxygen atoms in total. The number of likely N-dealkylation sites (tertiary alicyclic amines) is 1. The molecule has 0 radical (unpaired) electrons. The van der Waals surface area contributed by atoms with Crippen LogP contribution < -0.4 is 16.8 Å². The molecule has 28 heavy (non-hydrogen) atoms. The minimum absolute atomic E-state index is 0.0223. The standard InChI is InChI=1S/C18H33N5O5/c1-12(19)21-9-6-7-13(20)14(24)23-10-8-18(11-23,15(25)27-5)22-16(26)28-17(2,3)4/h13H,6-11,20H2,1-5H3,(H2,19,21)(H,22,26)/t13-,18?/m1/s1. The minimum Gasteiger partial charge on any atom is -0.467 e. The minimum atomic E-state index is -1.35. The van der Waals surface area contributed by atoms with Gasteiger partial charge in [0, 0.05) is 19.5 Å². The van der Waals surface area contributed by atoms with E-state index in [1.807, 2.05) is 0 Å². The Balaban J connectivity index is 2.75. The van der Waals surface area contributed by atoms with Crippen molar-refractivity contribution in [2.45, 2.75) is 64.1 Å². The Kier molecular flexibility index (Phi) is 8.22. The van der Waals surface area contributed by atoms with Gasteiger partial charge in [0.25, 0.3) is 0 Å². The molecule has 0 aliphatic carbocycles. The summed E-state index contributed by atoms with van der Waals surface area (Å²) in [5.41, 5.74) is 9.40. The molecule has 0 spiro atoms. The molecule has 10 heteroatoms. The molecule has 2 amide bonds. The number of hydrogen-bond donors (Lipinski definition) is 3. The van der Waals surface area contributed by atoms with Crippen molar-refractivity contribution in [2.24, 2.45) is 16.5 Å². The number of methoxy groups -OCH3 is 1. The summed E-state index contributed by atoms with van der Waals surface area (Å²) in [5.74, 6) is -0.435. The summed E-state index contributed by atoms with van der Waals surface area (Å²) in [6.07, 6.45) is 0.532. The number of carbonyl (C=O) groups excluding carboxylic acids is 3. The molecule has 1 fully saturated rings. The average Bonchev–Trinajstić information content (AvgIpc) is 3.00. The van der Waals surface area contributed by atoms with Gasteiger partial charge in [0.1, 0.15) is 5.60 Å². The van der Waals surface area contributed by atoms with E-state index in [0.717, 1.165) is 0 Å². The fourth-order valence-corrected chi connectivity index (χ4v) is 2.94. The first-order valence-electron chi connectivity index (χ1n) is 9.30. The van der Waals surface area contributed by atoms with Crippen LogP contribution >= 0.6 is 0 Å². The maximum atomic E-state index is 12.6. The molecule has 1 aliphatic rings. The topological polar surface area (TPSA) is 149 Å². The zero-order valence-electron chi connectivity index (χ0n) is 17.4. The molecule has 160 valence electrons. The van der Waals surface area contributed by atoms with Gasteiger partial charge >= 0.3 is 12.1 Å². The lowest BCUT2D eigenvalue weighted by atomic mass is 9.99. The number of nitrogens with one attached hydrogen (secondary N) is 1. The summed E-state index contributed by atoms with van der Waals surface area (Å²) in [7, 11) is 1.23. The number of nitrogens with zero attached hydrogens (tertiary/aromatic N) is 2. The third-order valence-electron chi connectivity index (χ3n) is 4.25. The van der Waals surface area contributed by atoms with Gasteiger partial charge < -0.3 is 31.2 Å². The first kappa shape index (κ1) is 23.7. The predicted molar refractivity (Wildman–Crippen MR) is 105 cm³/mol. The summed E-state index contributed by atoms with van der Waals surface area (Å²) in [4.78, 5) is 42.7. The third-order valence-corrected chi connectivity index (χ3v) is 4.25. The van der Waals surface area contributed by atoms with Crippen LogP contribution in [0.25, 0.3) is 0 Å². The highest BCUT2D eigenvalue weighted by molar-refractivity contribution is 5.89. The van der Waals surface area contributed by atoms with Crippen molar-refractivity contribution >= 4 is 23.8 Å². The number of amides is 2. The van der Waals surface area contributed by atoms with Crippen LogP contribution in [0.3, 0.4) is 0 Å².